The minimum Gasteiger partial charge on any atom is -0.373 e. The maximum absolute atomic E-state index is 12.3. The van der Waals surface area contributed by atoms with Gasteiger partial charge in [-0.1, -0.05) is 17.7 Å². The number of anilines is 2. The summed E-state index contributed by atoms with van der Waals surface area (Å²) in [4.78, 5) is 16.6. The Morgan fingerprint density at radius 3 is 2.50 bits per heavy atom. The molecule has 1 aromatic carbocycles. The maximum atomic E-state index is 12.3. The molecular weight excluding hydrogens is 250 g/mol. The molecule has 0 spiro atoms. The molecule has 2 aromatic rings. The van der Waals surface area contributed by atoms with E-state index in [9.17, 15) is 4.79 Å². The zero-order chi connectivity index (χ0) is 14.7. The van der Waals surface area contributed by atoms with Gasteiger partial charge in [0.1, 0.15) is 5.82 Å². The number of hydrogen-bond acceptors (Lipinski definition) is 3. The molecule has 1 amide bonds. The number of amides is 1. The average Bonchev–Trinajstić information content (AvgIpc) is 2.41. The summed E-state index contributed by atoms with van der Waals surface area (Å²) < 4.78 is 0. The minimum atomic E-state index is -0.126. The summed E-state index contributed by atoms with van der Waals surface area (Å²) >= 11 is 0. The Kier molecular flexibility index (Phi) is 4.03. The highest BCUT2D eigenvalue weighted by molar-refractivity contribution is 6.05. The zero-order valence-corrected chi connectivity index (χ0v) is 12.2. The van der Waals surface area contributed by atoms with Crippen molar-refractivity contribution in [2.75, 3.05) is 17.7 Å². The number of hydrogen-bond donors (Lipinski definition) is 2. The number of nitrogens with zero attached hydrogens (tertiary/aromatic N) is 1. The van der Waals surface area contributed by atoms with Crippen LogP contribution in [-0.2, 0) is 0 Å². The lowest BCUT2D eigenvalue weighted by Crippen LogP contribution is -2.14. The van der Waals surface area contributed by atoms with Crippen LogP contribution in [0.4, 0.5) is 11.5 Å². The van der Waals surface area contributed by atoms with Gasteiger partial charge in [0.2, 0.25) is 0 Å². The third-order valence-electron chi connectivity index (χ3n) is 3.10. The lowest BCUT2D eigenvalue weighted by atomic mass is 10.1. The molecule has 2 rings (SSSR count). The number of pyridine rings is 1. The molecule has 20 heavy (non-hydrogen) atoms. The van der Waals surface area contributed by atoms with Gasteiger partial charge in [-0.2, -0.15) is 0 Å². The lowest BCUT2D eigenvalue weighted by molar-refractivity contribution is 0.102. The normalized spacial score (nSPS) is 10.2. The molecule has 0 aliphatic carbocycles. The summed E-state index contributed by atoms with van der Waals surface area (Å²) in [6.45, 7) is 5.89. The van der Waals surface area contributed by atoms with Gasteiger partial charge in [-0.05, 0) is 44.5 Å². The molecule has 4 heteroatoms. The predicted molar refractivity (Wildman–Crippen MR) is 82.4 cm³/mol. The first kappa shape index (κ1) is 14.1. The second kappa shape index (κ2) is 5.74. The maximum Gasteiger partial charge on any atom is 0.255 e. The van der Waals surface area contributed by atoms with Crippen LogP contribution in [0.5, 0.6) is 0 Å². The van der Waals surface area contributed by atoms with E-state index >= 15 is 0 Å². The first-order chi connectivity index (χ1) is 9.49. The Morgan fingerprint density at radius 2 is 1.85 bits per heavy atom. The van der Waals surface area contributed by atoms with E-state index in [1.165, 1.54) is 5.56 Å². The number of nitrogens with one attached hydrogen (secondary N) is 2. The van der Waals surface area contributed by atoms with Gasteiger partial charge in [0, 0.05) is 24.0 Å². The van der Waals surface area contributed by atoms with Crippen molar-refractivity contribution in [1.82, 2.24) is 4.98 Å². The molecule has 0 saturated heterocycles. The summed E-state index contributed by atoms with van der Waals surface area (Å²) in [5.41, 5.74) is 4.47. The Balaban J connectivity index is 2.26. The first-order valence-corrected chi connectivity index (χ1v) is 6.54. The van der Waals surface area contributed by atoms with E-state index in [1.807, 2.05) is 39.0 Å². The molecule has 0 radical (unpaired) electrons. The quantitative estimate of drug-likeness (QED) is 0.899. The molecule has 1 heterocycles. The van der Waals surface area contributed by atoms with E-state index in [0.717, 1.165) is 16.9 Å². The van der Waals surface area contributed by atoms with Crippen molar-refractivity contribution < 1.29 is 4.79 Å². The van der Waals surface area contributed by atoms with Gasteiger partial charge in [-0.3, -0.25) is 4.79 Å². The number of benzene rings is 1. The zero-order valence-electron chi connectivity index (χ0n) is 12.2. The topological polar surface area (TPSA) is 54.0 Å². The number of carbonyl (C=O) groups excluding carboxylic acids is 1. The van der Waals surface area contributed by atoms with Gasteiger partial charge >= 0.3 is 0 Å². The highest BCUT2D eigenvalue weighted by Crippen LogP contribution is 2.18. The third-order valence-corrected chi connectivity index (χ3v) is 3.10. The van der Waals surface area contributed by atoms with Crippen LogP contribution >= 0.6 is 0 Å². The van der Waals surface area contributed by atoms with Crippen molar-refractivity contribution in [1.29, 1.82) is 0 Å². The standard InChI is InChI=1S/C16H19N3O/c1-10-5-6-14(11(2)7-10)19-16(20)13-8-12(3)18-15(9-13)17-4/h5-9H,1-4H3,(H,17,18)(H,19,20). The Labute approximate surface area is 119 Å². The molecule has 0 fully saturated rings. The van der Waals surface area contributed by atoms with Crippen LogP contribution in [0, 0.1) is 20.8 Å². The van der Waals surface area contributed by atoms with Crippen LogP contribution in [0.3, 0.4) is 0 Å². The van der Waals surface area contributed by atoms with Crippen molar-refractivity contribution in [3.05, 3.63) is 52.7 Å². The van der Waals surface area contributed by atoms with E-state index in [4.69, 9.17) is 0 Å². The fourth-order valence-corrected chi connectivity index (χ4v) is 2.08. The van der Waals surface area contributed by atoms with Crippen LogP contribution in [0.25, 0.3) is 0 Å². The van der Waals surface area contributed by atoms with Gasteiger partial charge in [0.15, 0.2) is 0 Å². The van der Waals surface area contributed by atoms with Crippen molar-refractivity contribution in [3.8, 4) is 0 Å². The SMILES string of the molecule is CNc1cc(C(=O)Nc2ccc(C)cc2C)cc(C)n1. The molecular formula is C16H19N3O. The molecule has 0 aliphatic rings. The highest BCUT2D eigenvalue weighted by atomic mass is 16.1. The van der Waals surface area contributed by atoms with Gasteiger partial charge in [0.05, 0.1) is 0 Å². The van der Waals surface area contributed by atoms with E-state index in [0.29, 0.717) is 11.4 Å². The molecule has 0 unspecified atom stereocenters. The van der Waals surface area contributed by atoms with Crippen LogP contribution in [0.1, 0.15) is 27.2 Å². The Bertz CT molecular complexity index is 650. The van der Waals surface area contributed by atoms with Crippen LogP contribution in [0.2, 0.25) is 0 Å². The van der Waals surface area contributed by atoms with Crippen LogP contribution in [0.15, 0.2) is 30.3 Å². The molecule has 0 bridgehead atoms. The fraction of sp³-hybridized carbons (Fsp3) is 0.250. The van der Waals surface area contributed by atoms with Crippen LogP contribution in [-0.4, -0.2) is 17.9 Å². The summed E-state index contributed by atoms with van der Waals surface area (Å²) in [6, 6.07) is 9.48. The molecule has 0 atom stereocenters. The van der Waals surface area contributed by atoms with Crippen molar-refractivity contribution >= 4 is 17.4 Å². The second-order valence-electron chi connectivity index (χ2n) is 4.90. The predicted octanol–water partition coefficient (Wildman–Crippen LogP) is 3.30. The fourth-order valence-electron chi connectivity index (χ4n) is 2.08. The summed E-state index contributed by atoms with van der Waals surface area (Å²) in [6.07, 6.45) is 0. The largest absolute Gasteiger partial charge is 0.373 e. The van der Waals surface area contributed by atoms with E-state index in [1.54, 1.807) is 19.2 Å². The van der Waals surface area contributed by atoms with E-state index in [2.05, 4.69) is 15.6 Å². The van der Waals surface area contributed by atoms with Gasteiger partial charge in [0.25, 0.3) is 5.91 Å². The molecule has 2 N–H and O–H groups in total. The molecule has 0 aliphatic heterocycles. The van der Waals surface area contributed by atoms with Crippen molar-refractivity contribution in [3.63, 3.8) is 0 Å². The molecule has 4 nitrogen and oxygen atoms in total. The van der Waals surface area contributed by atoms with Crippen molar-refractivity contribution in [2.24, 2.45) is 0 Å². The lowest BCUT2D eigenvalue weighted by Gasteiger charge is -2.10. The van der Waals surface area contributed by atoms with E-state index < -0.39 is 0 Å². The Hall–Kier alpha value is -2.36. The summed E-state index contributed by atoms with van der Waals surface area (Å²) in [7, 11) is 1.79. The van der Waals surface area contributed by atoms with Crippen LogP contribution < -0.4 is 10.6 Å². The number of carbonyl (C=O) groups is 1. The third kappa shape index (κ3) is 3.15. The highest BCUT2D eigenvalue weighted by Gasteiger charge is 2.10. The number of aryl methyl sites for hydroxylation is 3. The first-order valence-electron chi connectivity index (χ1n) is 6.54. The van der Waals surface area contributed by atoms with E-state index in [-0.39, 0.29) is 5.91 Å². The second-order valence-corrected chi connectivity index (χ2v) is 4.90. The number of rotatable bonds is 3. The number of aromatic nitrogens is 1. The summed E-state index contributed by atoms with van der Waals surface area (Å²) in [5.74, 6) is 0.565. The van der Waals surface area contributed by atoms with Crippen molar-refractivity contribution in [2.45, 2.75) is 20.8 Å². The molecule has 104 valence electrons. The monoisotopic (exact) mass is 269 g/mol. The minimum absolute atomic E-state index is 0.126. The van der Waals surface area contributed by atoms with Gasteiger partial charge in [-0.15, -0.1) is 0 Å². The Morgan fingerprint density at radius 1 is 1.10 bits per heavy atom. The molecule has 1 aromatic heterocycles. The van der Waals surface area contributed by atoms with Gasteiger partial charge in [-0.25, -0.2) is 4.98 Å². The smallest absolute Gasteiger partial charge is 0.255 e. The molecule has 0 saturated carbocycles. The van der Waals surface area contributed by atoms with Gasteiger partial charge < -0.3 is 10.6 Å². The summed E-state index contributed by atoms with van der Waals surface area (Å²) in [5, 5.41) is 5.89. The average molecular weight is 269 g/mol.